The molecule has 10 nitrogen and oxygen atoms in total. The Morgan fingerprint density at radius 1 is 1.05 bits per heavy atom. The number of anilines is 1. The number of hydrogen-bond acceptors (Lipinski definition) is 8. The van der Waals surface area contributed by atoms with Crippen LogP contribution in [0.1, 0.15) is 27.5 Å². The molecular formula is C29H26ClFN6O4. The lowest BCUT2D eigenvalue weighted by Crippen LogP contribution is -2.46. The van der Waals surface area contributed by atoms with Crippen molar-refractivity contribution in [1.29, 1.82) is 0 Å². The van der Waals surface area contributed by atoms with Crippen LogP contribution in [-0.2, 0) is 19.7 Å². The molecule has 0 radical (unpaired) electrons. The first-order chi connectivity index (χ1) is 19.9. The second-order valence-electron chi connectivity index (χ2n) is 9.71. The van der Waals surface area contributed by atoms with Crippen molar-refractivity contribution in [1.82, 2.24) is 24.4 Å². The molecule has 3 aromatic heterocycles. The lowest BCUT2D eigenvalue weighted by Gasteiger charge is -2.35. The highest BCUT2D eigenvalue weighted by Crippen LogP contribution is 2.24. The van der Waals surface area contributed by atoms with E-state index < -0.39 is 11.8 Å². The molecule has 6 rings (SSSR count). The molecule has 1 aliphatic rings. The molecule has 1 saturated heterocycles. The van der Waals surface area contributed by atoms with E-state index in [2.05, 4.69) is 19.8 Å². The molecule has 1 N–H and O–H groups in total. The summed E-state index contributed by atoms with van der Waals surface area (Å²) in [6.07, 6.45) is 3.02. The van der Waals surface area contributed by atoms with Crippen molar-refractivity contribution >= 4 is 34.4 Å². The SMILES string of the molecule is O=C(O)c1ccc2nc(CN3CCN(c4cccc(OCc5ccc(Cl)cc5F)n4)CC3)n(Cc3cnco3)c2c1. The van der Waals surface area contributed by atoms with E-state index in [0.29, 0.717) is 35.3 Å². The maximum Gasteiger partial charge on any atom is 0.335 e. The van der Waals surface area contributed by atoms with Crippen molar-refractivity contribution < 1.29 is 23.4 Å². The van der Waals surface area contributed by atoms with Crippen molar-refractivity contribution in [3.8, 4) is 5.88 Å². The topological polar surface area (TPSA) is 110 Å². The van der Waals surface area contributed by atoms with Gasteiger partial charge >= 0.3 is 5.97 Å². The normalized spacial score (nSPS) is 14.0. The van der Waals surface area contributed by atoms with Gasteiger partial charge in [-0.25, -0.2) is 19.2 Å². The van der Waals surface area contributed by atoms with Gasteiger partial charge in [0.15, 0.2) is 6.39 Å². The maximum atomic E-state index is 14.1. The highest BCUT2D eigenvalue weighted by molar-refractivity contribution is 6.30. The van der Waals surface area contributed by atoms with Gasteiger partial charge in [0.05, 0.1) is 35.9 Å². The van der Waals surface area contributed by atoms with Gasteiger partial charge in [-0.15, -0.1) is 0 Å². The van der Waals surface area contributed by atoms with Crippen LogP contribution in [0.15, 0.2) is 71.6 Å². The molecule has 210 valence electrons. The van der Waals surface area contributed by atoms with Crippen molar-refractivity contribution in [2.75, 3.05) is 31.1 Å². The van der Waals surface area contributed by atoms with Gasteiger partial charge in [0.2, 0.25) is 5.88 Å². The number of ether oxygens (including phenoxy) is 1. The summed E-state index contributed by atoms with van der Waals surface area (Å²) < 4.78 is 27.3. The number of carboxylic acid groups (broad SMARTS) is 1. The van der Waals surface area contributed by atoms with Crippen LogP contribution in [0.4, 0.5) is 10.2 Å². The molecule has 0 unspecified atom stereocenters. The van der Waals surface area contributed by atoms with E-state index in [0.717, 1.165) is 48.9 Å². The average Bonchev–Trinajstić information content (AvgIpc) is 3.61. The molecule has 0 atom stereocenters. The Labute approximate surface area is 239 Å². The summed E-state index contributed by atoms with van der Waals surface area (Å²) in [7, 11) is 0. The molecule has 0 amide bonds. The molecule has 0 spiro atoms. The standard InChI is InChI=1S/C29H26ClFN6O4/c30-21-6-4-20(23(31)13-21)17-40-28-3-1-2-26(34-28)36-10-8-35(9-11-36)16-27-33-24-7-5-19(29(38)39)12-25(24)37(27)15-22-14-32-18-41-22/h1-7,12-14,18H,8-11,15-17H2,(H,38,39). The molecule has 12 heteroatoms. The number of aromatic nitrogens is 4. The number of imidazole rings is 1. The quantitative estimate of drug-likeness (QED) is 0.263. The molecule has 0 saturated carbocycles. The van der Waals surface area contributed by atoms with Crippen LogP contribution in [0.25, 0.3) is 11.0 Å². The summed E-state index contributed by atoms with van der Waals surface area (Å²) in [5, 5.41) is 9.83. The number of rotatable bonds is 9. The average molecular weight is 577 g/mol. The minimum atomic E-state index is -0.989. The summed E-state index contributed by atoms with van der Waals surface area (Å²) in [6, 6.07) is 15.0. The van der Waals surface area contributed by atoms with E-state index in [1.807, 2.05) is 16.7 Å². The van der Waals surface area contributed by atoms with Crippen molar-refractivity contribution in [2.45, 2.75) is 19.7 Å². The second-order valence-corrected chi connectivity index (χ2v) is 10.1. The summed E-state index contributed by atoms with van der Waals surface area (Å²) in [5.74, 6) is 1.27. The Morgan fingerprint density at radius 2 is 1.90 bits per heavy atom. The first-order valence-electron chi connectivity index (χ1n) is 13.0. The van der Waals surface area contributed by atoms with E-state index in [1.54, 1.807) is 42.6 Å². The molecule has 1 aliphatic heterocycles. The van der Waals surface area contributed by atoms with Crippen LogP contribution in [0.2, 0.25) is 5.02 Å². The molecule has 0 bridgehead atoms. The largest absolute Gasteiger partial charge is 0.478 e. The maximum absolute atomic E-state index is 14.1. The first kappa shape index (κ1) is 26.7. The van der Waals surface area contributed by atoms with E-state index >= 15 is 0 Å². The molecule has 2 aromatic carbocycles. The van der Waals surface area contributed by atoms with Crippen molar-refractivity contribution in [3.05, 3.63) is 101 Å². The predicted octanol–water partition coefficient (Wildman–Crippen LogP) is 4.86. The highest BCUT2D eigenvalue weighted by atomic mass is 35.5. The zero-order valence-electron chi connectivity index (χ0n) is 21.9. The second kappa shape index (κ2) is 11.6. The highest BCUT2D eigenvalue weighted by Gasteiger charge is 2.22. The van der Waals surface area contributed by atoms with Gasteiger partial charge in [0.25, 0.3) is 0 Å². The van der Waals surface area contributed by atoms with Crippen LogP contribution in [0.3, 0.4) is 0 Å². The molecule has 41 heavy (non-hydrogen) atoms. The first-order valence-corrected chi connectivity index (χ1v) is 13.4. The molecule has 1 fully saturated rings. The number of carbonyl (C=O) groups is 1. The Hall–Kier alpha value is -4.48. The summed E-state index contributed by atoms with van der Waals surface area (Å²) in [4.78, 5) is 29.5. The number of fused-ring (bicyclic) bond motifs is 1. The van der Waals surface area contributed by atoms with Gasteiger partial charge < -0.3 is 23.7 Å². The van der Waals surface area contributed by atoms with Crippen molar-refractivity contribution in [3.63, 3.8) is 0 Å². The monoisotopic (exact) mass is 576 g/mol. The summed E-state index contributed by atoms with van der Waals surface area (Å²) >= 11 is 5.83. The number of oxazole rings is 1. The third kappa shape index (κ3) is 6.01. The number of pyridine rings is 1. The zero-order valence-corrected chi connectivity index (χ0v) is 22.7. The molecule has 4 heterocycles. The van der Waals surface area contributed by atoms with Crippen LogP contribution >= 0.6 is 11.6 Å². The fraction of sp³-hybridized carbons (Fsp3) is 0.241. The minimum Gasteiger partial charge on any atom is -0.478 e. The van der Waals surface area contributed by atoms with E-state index in [4.69, 9.17) is 25.7 Å². The smallest absolute Gasteiger partial charge is 0.335 e. The van der Waals surface area contributed by atoms with Crippen molar-refractivity contribution in [2.24, 2.45) is 0 Å². The van der Waals surface area contributed by atoms with Gasteiger partial charge in [-0.2, -0.15) is 4.98 Å². The van der Waals surface area contributed by atoms with Gasteiger partial charge in [-0.1, -0.05) is 23.7 Å². The molecular weight excluding hydrogens is 551 g/mol. The number of benzene rings is 2. The number of piperazine rings is 1. The molecule has 5 aromatic rings. The number of aromatic carboxylic acids is 1. The van der Waals surface area contributed by atoms with Crippen LogP contribution in [0, 0.1) is 5.82 Å². The van der Waals surface area contributed by atoms with Gasteiger partial charge in [0.1, 0.15) is 29.8 Å². The lowest BCUT2D eigenvalue weighted by atomic mass is 10.2. The fourth-order valence-electron chi connectivity index (χ4n) is 4.86. The Morgan fingerprint density at radius 3 is 2.66 bits per heavy atom. The predicted molar refractivity (Wildman–Crippen MR) is 150 cm³/mol. The van der Waals surface area contributed by atoms with Gasteiger partial charge in [0, 0.05) is 42.8 Å². The number of nitrogens with zero attached hydrogens (tertiary/aromatic N) is 6. The third-order valence-corrected chi connectivity index (χ3v) is 7.27. The molecule has 0 aliphatic carbocycles. The number of carboxylic acids is 1. The Bertz CT molecular complexity index is 1680. The zero-order chi connectivity index (χ0) is 28.3. The van der Waals surface area contributed by atoms with Crippen LogP contribution in [0.5, 0.6) is 5.88 Å². The number of halogens is 2. The summed E-state index contributed by atoms with van der Waals surface area (Å²) in [6.45, 7) is 4.06. The van der Waals surface area contributed by atoms with Crippen LogP contribution in [-0.4, -0.2) is 61.7 Å². The lowest BCUT2D eigenvalue weighted by molar-refractivity contribution is 0.0697. The van der Waals surface area contributed by atoms with Gasteiger partial charge in [-0.05, 0) is 36.4 Å². The fourth-order valence-corrected chi connectivity index (χ4v) is 5.02. The van der Waals surface area contributed by atoms with Gasteiger partial charge in [-0.3, -0.25) is 4.90 Å². The van der Waals surface area contributed by atoms with E-state index in [1.165, 1.54) is 12.5 Å². The van der Waals surface area contributed by atoms with E-state index in [9.17, 15) is 14.3 Å². The van der Waals surface area contributed by atoms with Crippen LogP contribution < -0.4 is 9.64 Å². The third-order valence-electron chi connectivity index (χ3n) is 7.03. The Balaban J connectivity index is 1.13. The Kier molecular flexibility index (Phi) is 7.53. The number of hydrogen-bond donors (Lipinski definition) is 1. The minimum absolute atomic E-state index is 0.0518. The summed E-state index contributed by atoms with van der Waals surface area (Å²) in [5.41, 5.74) is 2.06. The van der Waals surface area contributed by atoms with E-state index in [-0.39, 0.29) is 12.2 Å².